The minimum atomic E-state index is 0.137. The van der Waals surface area contributed by atoms with Gasteiger partial charge in [0, 0.05) is 19.0 Å². The lowest BCUT2D eigenvalue weighted by Gasteiger charge is -2.07. The van der Waals surface area contributed by atoms with E-state index in [-0.39, 0.29) is 6.61 Å². The van der Waals surface area contributed by atoms with E-state index in [2.05, 4.69) is 24.0 Å². The molecule has 0 saturated carbocycles. The van der Waals surface area contributed by atoms with Crippen LogP contribution in [0.1, 0.15) is 11.4 Å². The Morgan fingerprint density at radius 2 is 2.06 bits per heavy atom. The van der Waals surface area contributed by atoms with E-state index in [0.29, 0.717) is 6.42 Å². The van der Waals surface area contributed by atoms with Crippen LogP contribution in [-0.4, -0.2) is 21.3 Å². The minimum Gasteiger partial charge on any atom is -0.396 e. The number of nitrogens with zero attached hydrogens (tertiary/aromatic N) is 2. The van der Waals surface area contributed by atoms with E-state index in [0.717, 1.165) is 11.5 Å². The summed E-state index contributed by atoms with van der Waals surface area (Å²) in [5, 5.41) is 8.93. The first-order valence-electron chi connectivity index (χ1n) is 5.41. The fourth-order valence-corrected chi connectivity index (χ4v) is 1.89. The molecule has 3 nitrogen and oxygen atoms in total. The number of aliphatic hydroxyl groups is 1. The van der Waals surface area contributed by atoms with Crippen molar-refractivity contribution in [3.8, 4) is 11.3 Å². The number of aryl methyl sites for hydroxylation is 1. The first-order valence-corrected chi connectivity index (χ1v) is 5.41. The molecule has 1 aromatic carbocycles. The Morgan fingerprint density at radius 3 is 2.75 bits per heavy atom. The minimum absolute atomic E-state index is 0.137. The molecule has 3 heteroatoms. The van der Waals surface area contributed by atoms with Crippen molar-refractivity contribution in [1.29, 1.82) is 0 Å². The second-order valence-electron chi connectivity index (χ2n) is 3.91. The van der Waals surface area contributed by atoms with Crippen molar-refractivity contribution in [2.45, 2.75) is 13.3 Å². The largest absolute Gasteiger partial charge is 0.396 e. The Labute approximate surface area is 95.4 Å². The monoisotopic (exact) mass is 216 g/mol. The van der Waals surface area contributed by atoms with Gasteiger partial charge in [0.1, 0.15) is 5.82 Å². The van der Waals surface area contributed by atoms with E-state index < -0.39 is 0 Å². The molecule has 0 atom stereocenters. The molecule has 0 aliphatic rings. The van der Waals surface area contributed by atoms with Gasteiger partial charge in [-0.1, -0.05) is 24.3 Å². The summed E-state index contributed by atoms with van der Waals surface area (Å²) in [6, 6.07) is 8.24. The van der Waals surface area contributed by atoms with Crippen LogP contribution in [-0.2, 0) is 13.5 Å². The molecule has 0 aliphatic heterocycles. The summed E-state index contributed by atoms with van der Waals surface area (Å²) in [5.41, 5.74) is 3.53. The number of aromatic nitrogens is 2. The molecule has 84 valence electrons. The lowest BCUT2D eigenvalue weighted by Crippen LogP contribution is -2.02. The summed E-state index contributed by atoms with van der Waals surface area (Å²) in [6.45, 7) is 2.23. The van der Waals surface area contributed by atoms with Crippen LogP contribution >= 0.6 is 0 Å². The van der Waals surface area contributed by atoms with E-state index in [1.54, 1.807) is 0 Å². The molecule has 0 radical (unpaired) electrons. The average Bonchev–Trinajstić information content (AvgIpc) is 2.62. The summed E-state index contributed by atoms with van der Waals surface area (Å²) in [5.74, 6) is 0.917. The summed E-state index contributed by atoms with van der Waals surface area (Å²) in [6.07, 6.45) is 2.47. The van der Waals surface area contributed by atoms with Gasteiger partial charge < -0.3 is 9.67 Å². The molecule has 0 saturated heterocycles. The topological polar surface area (TPSA) is 38.1 Å². The maximum Gasteiger partial charge on any atom is 0.111 e. The molecule has 0 spiro atoms. The van der Waals surface area contributed by atoms with Crippen molar-refractivity contribution in [2.24, 2.45) is 7.05 Å². The summed E-state index contributed by atoms with van der Waals surface area (Å²) >= 11 is 0. The average molecular weight is 216 g/mol. The van der Waals surface area contributed by atoms with E-state index in [9.17, 15) is 0 Å². The number of imidazole rings is 1. The van der Waals surface area contributed by atoms with Gasteiger partial charge in [-0.3, -0.25) is 0 Å². The van der Waals surface area contributed by atoms with Gasteiger partial charge in [-0.25, -0.2) is 4.98 Å². The molecule has 2 aromatic rings. The Bertz CT molecular complexity index is 488. The molecule has 0 aliphatic carbocycles. The number of rotatable bonds is 3. The highest BCUT2D eigenvalue weighted by Crippen LogP contribution is 2.23. The second-order valence-corrected chi connectivity index (χ2v) is 3.91. The Hall–Kier alpha value is -1.61. The molecule has 0 fully saturated rings. The molecular weight excluding hydrogens is 200 g/mol. The van der Waals surface area contributed by atoms with Gasteiger partial charge in [0.2, 0.25) is 0 Å². The highest BCUT2D eigenvalue weighted by molar-refractivity contribution is 5.63. The van der Waals surface area contributed by atoms with E-state index in [1.807, 2.05) is 29.9 Å². The van der Waals surface area contributed by atoms with Crippen molar-refractivity contribution >= 4 is 0 Å². The maximum absolute atomic E-state index is 8.93. The zero-order chi connectivity index (χ0) is 11.5. The SMILES string of the molecule is Cc1ccccc1-c1cnc(CCO)n1C. The van der Waals surface area contributed by atoms with Gasteiger partial charge in [-0.05, 0) is 12.5 Å². The van der Waals surface area contributed by atoms with Crippen molar-refractivity contribution < 1.29 is 5.11 Å². The normalized spacial score (nSPS) is 10.7. The standard InChI is InChI=1S/C13H16N2O/c1-10-5-3-4-6-11(10)12-9-14-13(7-8-16)15(12)2/h3-6,9,16H,7-8H2,1-2H3. The predicted molar refractivity (Wildman–Crippen MR) is 64.2 cm³/mol. The van der Waals surface area contributed by atoms with Crippen LogP contribution in [0.15, 0.2) is 30.5 Å². The highest BCUT2D eigenvalue weighted by atomic mass is 16.3. The van der Waals surface area contributed by atoms with Crippen molar-refractivity contribution in [1.82, 2.24) is 9.55 Å². The van der Waals surface area contributed by atoms with Crippen LogP contribution in [0.3, 0.4) is 0 Å². The summed E-state index contributed by atoms with van der Waals surface area (Å²) in [7, 11) is 1.99. The van der Waals surface area contributed by atoms with Crippen molar-refractivity contribution in [2.75, 3.05) is 6.61 Å². The fourth-order valence-electron chi connectivity index (χ4n) is 1.89. The van der Waals surface area contributed by atoms with Crippen molar-refractivity contribution in [3.63, 3.8) is 0 Å². The predicted octanol–water partition coefficient (Wildman–Crippen LogP) is 1.93. The fraction of sp³-hybridized carbons (Fsp3) is 0.308. The third-order valence-corrected chi connectivity index (χ3v) is 2.84. The molecule has 2 rings (SSSR count). The molecule has 1 heterocycles. The molecule has 0 bridgehead atoms. The smallest absolute Gasteiger partial charge is 0.111 e. The van der Waals surface area contributed by atoms with Gasteiger partial charge in [0.15, 0.2) is 0 Å². The van der Waals surface area contributed by atoms with Crippen LogP contribution < -0.4 is 0 Å². The van der Waals surface area contributed by atoms with Gasteiger partial charge in [0.05, 0.1) is 18.5 Å². The molecule has 16 heavy (non-hydrogen) atoms. The first kappa shape index (κ1) is 10.9. The third kappa shape index (κ3) is 1.86. The Balaban J connectivity index is 2.45. The second kappa shape index (κ2) is 4.49. The zero-order valence-electron chi connectivity index (χ0n) is 9.64. The molecule has 1 aromatic heterocycles. The van der Waals surface area contributed by atoms with Crippen LogP contribution in [0.5, 0.6) is 0 Å². The zero-order valence-corrected chi connectivity index (χ0v) is 9.64. The number of benzene rings is 1. The molecule has 0 unspecified atom stereocenters. The van der Waals surface area contributed by atoms with Gasteiger partial charge >= 0.3 is 0 Å². The van der Waals surface area contributed by atoms with Crippen LogP contribution in [0.25, 0.3) is 11.3 Å². The van der Waals surface area contributed by atoms with Gasteiger partial charge in [-0.15, -0.1) is 0 Å². The number of hydrogen-bond donors (Lipinski definition) is 1. The Kier molecular flexibility index (Phi) is 3.06. The van der Waals surface area contributed by atoms with Gasteiger partial charge in [0.25, 0.3) is 0 Å². The lowest BCUT2D eigenvalue weighted by atomic mass is 10.1. The quantitative estimate of drug-likeness (QED) is 0.851. The van der Waals surface area contributed by atoms with Crippen molar-refractivity contribution in [3.05, 3.63) is 41.9 Å². The van der Waals surface area contributed by atoms with Crippen LogP contribution in [0.2, 0.25) is 0 Å². The third-order valence-electron chi connectivity index (χ3n) is 2.84. The molecule has 0 amide bonds. The summed E-state index contributed by atoms with van der Waals surface area (Å²) < 4.78 is 2.04. The molecular formula is C13H16N2O. The summed E-state index contributed by atoms with van der Waals surface area (Å²) in [4.78, 5) is 4.33. The van der Waals surface area contributed by atoms with E-state index >= 15 is 0 Å². The first-order chi connectivity index (χ1) is 7.74. The maximum atomic E-state index is 8.93. The van der Waals surface area contributed by atoms with E-state index in [4.69, 9.17) is 5.11 Å². The number of hydrogen-bond acceptors (Lipinski definition) is 2. The Morgan fingerprint density at radius 1 is 1.31 bits per heavy atom. The number of aliphatic hydroxyl groups excluding tert-OH is 1. The van der Waals surface area contributed by atoms with E-state index in [1.165, 1.54) is 11.1 Å². The van der Waals surface area contributed by atoms with Crippen LogP contribution in [0.4, 0.5) is 0 Å². The molecule has 1 N–H and O–H groups in total. The van der Waals surface area contributed by atoms with Crippen LogP contribution in [0, 0.1) is 6.92 Å². The lowest BCUT2D eigenvalue weighted by molar-refractivity contribution is 0.295. The van der Waals surface area contributed by atoms with Gasteiger partial charge in [-0.2, -0.15) is 0 Å². The highest BCUT2D eigenvalue weighted by Gasteiger charge is 2.09.